The highest BCUT2D eigenvalue weighted by Crippen LogP contribution is 2.17. The molecule has 2 aromatic carbocycles. The average molecular weight is 397 g/mol. The molecular formula is C18H18ClFN2O3S. The van der Waals surface area contributed by atoms with Crippen molar-refractivity contribution < 1.29 is 18.7 Å². The first kappa shape index (κ1) is 20.1. The van der Waals surface area contributed by atoms with Crippen LogP contribution in [0.1, 0.15) is 11.1 Å². The van der Waals surface area contributed by atoms with E-state index in [-0.39, 0.29) is 29.3 Å². The second-order valence-corrected chi connectivity index (χ2v) is 6.72. The highest BCUT2D eigenvalue weighted by atomic mass is 35.5. The van der Waals surface area contributed by atoms with E-state index >= 15 is 0 Å². The summed E-state index contributed by atoms with van der Waals surface area (Å²) in [5, 5.41) is 5.43. The van der Waals surface area contributed by atoms with Crippen molar-refractivity contribution in [3.8, 4) is 0 Å². The van der Waals surface area contributed by atoms with Crippen LogP contribution in [-0.2, 0) is 21.8 Å². The van der Waals surface area contributed by atoms with E-state index in [1.54, 1.807) is 12.1 Å². The van der Waals surface area contributed by atoms with Gasteiger partial charge in [0.1, 0.15) is 5.82 Å². The molecule has 0 radical (unpaired) electrons. The van der Waals surface area contributed by atoms with Crippen LogP contribution >= 0.6 is 23.4 Å². The third-order valence-electron chi connectivity index (χ3n) is 3.34. The monoisotopic (exact) mass is 396 g/mol. The van der Waals surface area contributed by atoms with Gasteiger partial charge >= 0.3 is 12.0 Å². The van der Waals surface area contributed by atoms with E-state index < -0.39 is 5.82 Å². The van der Waals surface area contributed by atoms with Crippen molar-refractivity contribution in [2.24, 2.45) is 0 Å². The Morgan fingerprint density at radius 2 is 2.00 bits per heavy atom. The molecule has 0 heterocycles. The van der Waals surface area contributed by atoms with Crippen LogP contribution in [0, 0.1) is 5.82 Å². The number of esters is 1. The van der Waals surface area contributed by atoms with Crippen LogP contribution in [0.4, 0.5) is 14.9 Å². The van der Waals surface area contributed by atoms with Gasteiger partial charge in [0, 0.05) is 18.0 Å². The number of hydrogen-bond donors (Lipinski definition) is 2. The molecule has 0 aliphatic carbocycles. The predicted octanol–water partition coefficient (Wildman–Crippen LogP) is 4.21. The maximum atomic E-state index is 13.1. The number of benzene rings is 2. The molecule has 2 N–H and O–H groups in total. The van der Waals surface area contributed by atoms with Gasteiger partial charge in [0.25, 0.3) is 0 Å². The van der Waals surface area contributed by atoms with Gasteiger partial charge in [-0.15, -0.1) is 11.8 Å². The van der Waals surface area contributed by atoms with Gasteiger partial charge in [-0.25, -0.2) is 9.18 Å². The predicted molar refractivity (Wildman–Crippen MR) is 102 cm³/mol. The number of halogens is 2. The average Bonchev–Trinajstić information content (AvgIpc) is 2.63. The number of amides is 2. The van der Waals surface area contributed by atoms with Crippen molar-refractivity contribution in [1.82, 2.24) is 5.32 Å². The number of urea groups is 1. The zero-order valence-electron chi connectivity index (χ0n) is 14.1. The second kappa shape index (κ2) is 10.0. The Morgan fingerprint density at radius 1 is 1.19 bits per heavy atom. The first-order valence-corrected chi connectivity index (χ1v) is 9.23. The number of anilines is 1. The molecular weight excluding hydrogens is 379 g/mol. The molecule has 138 valence electrons. The van der Waals surface area contributed by atoms with Gasteiger partial charge in [-0.2, -0.15) is 0 Å². The van der Waals surface area contributed by atoms with E-state index in [0.717, 1.165) is 5.56 Å². The normalized spacial score (nSPS) is 10.3. The number of methoxy groups -OCH3 is 1. The molecule has 8 heteroatoms. The highest BCUT2D eigenvalue weighted by molar-refractivity contribution is 7.99. The molecule has 0 spiro atoms. The van der Waals surface area contributed by atoms with E-state index in [1.807, 2.05) is 18.2 Å². The SMILES string of the molecule is COC(=O)CSCc1cccc(NC(=O)NCc2ccc(F)c(Cl)c2)c1. The van der Waals surface area contributed by atoms with Crippen LogP contribution in [0.2, 0.25) is 5.02 Å². The summed E-state index contributed by atoms with van der Waals surface area (Å²) in [5.41, 5.74) is 2.30. The van der Waals surface area contributed by atoms with E-state index in [9.17, 15) is 14.0 Å². The summed E-state index contributed by atoms with van der Waals surface area (Å²) < 4.78 is 17.7. The van der Waals surface area contributed by atoms with E-state index in [2.05, 4.69) is 15.4 Å². The minimum atomic E-state index is -0.498. The molecule has 2 aromatic rings. The maximum absolute atomic E-state index is 13.1. The Kier molecular flexibility index (Phi) is 7.74. The quantitative estimate of drug-likeness (QED) is 0.688. The van der Waals surface area contributed by atoms with Gasteiger partial charge in [0.05, 0.1) is 17.9 Å². The molecule has 0 aliphatic heterocycles. The summed E-state index contributed by atoms with van der Waals surface area (Å²) in [6, 6.07) is 11.2. The first-order valence-electron chi connectivity index (χ1n) is 7.70. The van der Waals surface area contributed by atoms with Crippen LogP contribution in [0.25, 0.3) is 0 Å². The molecule has 5 nitrogen and oxygen atoms in total. The van der Waals surface area contributed by atoms with Crippen molar-refractivity contribution in [1.29, 1.82) is 0 Å². The van der Waals surface area contributed by atoms with Crippen molar-refractivity contribution in [2.45, 2.75) is 12.3 Å². The molecule has 0 saturated carbocycles. The third-order valence-corrected chi connectivity index (χ3v) is 4.61. The number of thioether (sulfide) groups is 1. The van der Waals surface area contributed by atoms with Gasteiger partial charge in [-0.3, -0.25) is 4.79 Å². The van der Waals surface area contributed by atoms with Crippen molar-refractivity contribution in [3.05, 3.63) is 64.4 Å². The first-order chi connectivity index (χ1) is 12.5. The molecule has 2 amide bonds. The molecule has 2 rings (SSSR count). The number of nitrogens with one attached hydrogen (secondary N) is 2. The fourth-order valence-electron chi connectivity index (χ4n) is 2.06. The fraction of sp³-hybridized carbons (Fsp3) is 0.222. The molecule has 0 atom stereocenters. The summed E-state index contributed by atoms with van der Waals surface area (Å²) in [4.78, 5) is 23.1. The highest BCUT2D eigenvalue weighted by Gasteiger charge is 2.06. The largest absolute Gasteiger partial charge is 0.468 e. The summed E-state index contributed by atoms with van der Waals surface area (Å²) in [6.45, 7) is 0.223. The molecule has 0 bridgehead atoms. The van der Waals surface area contributed by atoms with E-state index in [0.29, 0.717) is 17.0 Å². The lowest BCUT2D eigenvalue weighted by molar-refractivity contribution is -0.137. The van der Waals surface area contributed by atoms with Crippen LogP contribution in [0.5, 0.6) is 0 Å². The minimum Gasteiger partial charge on any atom is -0.468 e. The standard InChI is InChI=1S/C18H18ClFN2O3S/c1-25-17(23)11-26-10-13-3-2-4-14(7-13)22-18(24)21-9-12-5-6-16(20)15(19)8-12/h2-8H,9-11H2,1H3,(H2,21,22,24). The smallest absolute Gasteiger partial charge is 0.319 e. The van der Waals surface area contributed by atoms with Gasteiger partial charge in [0.15, 0.2) is 0 Å². The number of carbonyl (C=O) groups excluding carboxylic acids is 2. The van der Waals surface area contributed by atoms with Crippen molar-refractivity contribution in [3.63, 3.8) is 0 Å². The molecule has 0 aliphatic rings. The Bertz CT molecular complexity index is 789. The molecule has 0 aromatic heterocycles. The van der Waals surface area contributed by atoms with Gasteiger partial charge < -0.3 is 15.4 Å². The van der Waals surface area contributed by atoms with Gasteiger partial charge in [0.2, 0.25) is 0 Å². The van der Waals surface area contributed by atoms with Crippen molar-refractivity contribution >= 4 is 41.1 Å². The number of rotatable bonds is 7. The number of ether oxygens (including phenoxy) is 1. The van der Waals surface area contributed by atoms with Crippen LogP contribution in [0.15, 0.2) is 42.5 Å². The summed E-state index contributed by atoms with van der Waals surface area (Å²) in [7, 11) is 1.35. The number of hydrogen-bond acceptors (Lipinski definition) is 4. The Hall–Kier alpha value is -2.25. The van der Waals surface area contributed by atoms with Crippen LogP contribution in [-0.4, -0.2) is 24.9 Å². The summed E-state index contributed by atoms with van der Waals surface area (Å²) in [6.07, 6.45) is 0. The second-order valence-electron chi connectivity index (χ2n) is 5.33. The van der Waals surface area contributed by atoms with Gasteiger partial charge in [-0.1, -0.05) is 29.8 Å². The Morgan fingerprint density at radius 3 is 2.73 bits per heavy atom. The minimum absolute atomic E-state index is 0.0156. The molecule has 0 fully saturated rings. The molecule has 0 unspecified atom stereocenters. The van der Waals surface area contributed by atoms with Crippen molar-refractivity contribution in [2.75, 3.05) is 18.2 Å². The molecule has 26 heavy (non-hydrogen) atoms. The van der Waals surface area contributed by atoms with E-state index in [1.165, 1.54) is 31.0 Å². The van der Waals surface area contributed by atoms with Crippen LogP contribution in [0.3, 0.4) is 0 Å². The fourth-order valence-corrected chi connectivity index (χ4v) is 3.06. The topological polar surface area (TPSA) is 67.4 Å². The zero-order valence-corrected chi connectivity index (χ0v) is 15.6. The van der Waals surface area contributed by atoms with Crippen LogP contribution < -0.4 is 10.6 Å². The lowest BCUT2D eigenvalue weighted by atomic mass is 10.2. The maximum Gasteiger partial charge on any atom is 0.319 e. The number of carbonyl (C=O) groups is 2. The van der Waals surface area contributed by atoms with E-state index in [4.69, 9.17) is 11.6 Å². The lowest BCUT2D eigenvalue weighted by Gasteiger charge is -2.09. The third kappa shape index (κ3) is 6.57. The summed E-state index contributed by atoms with van der Waals surface area (Å²) in [5.74, 6) is 0.126. The summed E-state index contributed by atoms with van der Waals surface area (Å²) >= 11 is 7.14. The lowest BCUT2D eigenvalue weighted by Crippen LogP contribution is -2.28. The Labute approximate surface area is 160 Å². The Balaban J connectivity index is 1.83. The zero-order chi connectivity index (χ0) is 18.9. The molecule has 0 saturated heterocycles. The van der Waals surface area contributed by atoms with Gasteiger partial charge in [-0.05, 0) is 35.4 Å².